The lowest BCUT2D eigenvalue weighted by molar-refractivity contribution is -0.130. The van der Waals surface area contributed by atoms with Gasteiger partial charge in [-0.2, -0.15) is 0 Å². The summed E-state index contributed by atoms with van der Waals surface area (Å²) in [5.41, 5.74) is 0.983. The first-order chi connectivity index (χ1) is 7.83. The maximum Gasteiger partial charge on any atom is 0.353 e. The lowest BCUT2D eigenvalue weighted by Gasteiger charge is -2.33. The van der Waals surface area contributed by atoms with Crippen molar-refractivity contribution >= 4 is 11.7 Å². The highest BCUT2D eigenvalue weighted by Crippen LogP contribution is 2.34. The number of hydrogen-bond donors (Lipinski definition) is 1. The highest BCUT2D eigenvalue weighted by Gasteiger charge is 2.32. The number of carboxylic acid groups (broad SMARTS) is 1. The standard InChI is InChI=1S/C13H21NO3/c1-9-5-7-11(8-6-9)13(3,4)17-14-10(2)12(15)16/h5,11H,6-8H2,1-4H3,(H,15,16)/b14-10+. The predicted molar refractivity (Wildman–Crippen MR) is 67.0 cm³/mol. The average Bonchev–Trinajstić information content (AvgIpc) is 2.26. The number of nitrogens with zero attached hydrogens (tertiary/aromatic N) is 1. The Labute approximate surface area is 102 Å². The van der Waals surface area contributed by atoms with Crippen molar-refractivity contribution in [3.05, 3.63) is 11.6 Å². The summed E-state index contributed by atoms with van der Waals surface area (Å²) in [4.78, 5) is 16.0. The largest absolute Gasteiger partial charge is 0.477 e. The molecule has 17 heavy (non-hydrogen) atoms. The maximum atomic E-state index is 10.6. The Balaban J connectivity index is 2.63. The summed E-state index contributed by atoms with van der Waals surface area (Å²) in [6.45, 7) is 7.50. The number of allylic oxidation sites excluding steroid dienone is 2. The van der Waals surface area contributed by atoms with Crippen LogP contribution in [0.3, 0.4) is 0 Å². The molecule has 96 valence electrons. The third-order valence-corrected chi connectivity index (χ3v) is 3.35. The minimum atomic E-state index is -1.04. The SMILES string of the molecule is CC1=CCC(C(C)(C)O/N=C(\C)C(=O)O)CC1. The number of carboxylic acids is 1. The van der Waals surface area contributed by atoms with Crippen molar-refractivity contribution in [1.82, 2.24) is 0 Å². The summed E-state index contributed by atoms with van der Waals surface area (Å²) < 4.78 is 0. The smallest absolute Gasteiger partial charge is 0.353 e. The third-order valence-electron chi connectivity index (χ3n) is 3.35. The molecule has 0 radical (unpaired) electrons. The van der Waals surface area contributed by atoms with E-state index in [9.17, 15) is 4.79 Å². The number of oxime groups is 1. The van der Waals surface area contributed by atoms with E-state index < -0.39 is 11.6 Å². The molecule has 0 aromatic heterocycles. The Bertz CT molecular complexity index is 356. The summed E-state index contributed by atoms with van der Waals surface area (Å²) in [6.07, 6.45) is 5.35. The van der Waals surface area contributed by atoms with E-state index in [0.717, 1.165) is 19.3 Å². The predicted octanol–water partition coefficient (Wildman–Crippen LogP) is 2.99. The van der Waals surface area contributed by atoms with Crippen LogP contribution in [-0.4, -0.2) is 22.4 Å². The molecular weight excluding hydrogens is 218 g/mol. The van der Waals surface area contributed by atoms with Crippen LogP contribution in [-0.2, 0) is 9.63 Å². The Hall–Kier alpha value is -1.32. The Morgan fingerprint density at radius 2 is 2.24 bits per heavy atom. The molecule has 4 nitrogen and oxygen atoms in total. The number of aliphatic carboxylic acids is 1. The zero-order chi connectivity index (χ0) is 13.1. The normalized spacial score (nSPS) is 22.0. The van der Waals surface area contributed by atoms with Gasteiger partial charge in [-0.3, -0.25) is 0 Å². The molecule has 0 aliphatic heterocycles. The van der Waals surface area contributed by atoms with Crippen molar-refractivity contribution in [2.45, 2.75) is 52.6 Å². The molecule has 1 N–H and O–H groups in total. The van der Waals surface area contributed by atoms with Gasteiger partial charge >= 0.3 is 5.97 Å². The fourth-order valence-electron chi connectivity index (χ4n) is 1.90. The molecule has 0 aromatic carbocycles. The van der Waals surface area contributed by atoms with Crippen LogP contribution in [0.1, 0.15) is 47.0 Å². The number of carbonyl (C=O) groups is 1. The Morgan fingerprint density at radius 1 is 1.59 bits per heavy atom. The van der Waals surface area contributed by atoms with E-state index in [1.54, 1.807) is 0 Å². The van der Waals surface area contributed by atoms with Crippen molar-refractivity contribution in [2.75, 3.05) is 0 Å². The van der Waals surface area contributed by atoms with Gasteiger partial charge in [0.1, 0.15) is 5.60 Å². The summed E-state index contributed by atoms with van der Waals surface area (Å²) in [5, 5.41) is 12.4. The first-order valence-electron chi connectivity index (χ1n) is 5.94. The van der Waals surface area contributed by atoms with E-state index in [0.29, 0.717) is 5.92 Å². The van der Waals surface area contributed by atoms with E-state index in [1.165, 1.54) is 12.5 Å². The summed E-state index contributed by atoms with van der Waals surface area (Å²) in [5.74, 6) is -0.656. The van der Waals surface area contributed by atoms with Crippen LogP contribution >= 0.6 is 0 Å². The van der Waals surface area contributed by atoms with Gasteiger partial charge in [0.15, 0.2) is 5.71 Å². The number of hydrogen-bond acceptors (Lipinski definition) is 3. The Kier molecular flexibility index (Phi) is 4.32. The molecule has 1 aliphatic carbocycles. The highest BCUT2D eigenvalue weighted by molar-refractivity contribution is 6.34. The second kappa shape index (κ2) is 5.34. The zero-order valence-corrected chi connectivity index (χ0v) is 11.0. The molecule has 1 atom stereocenters. The van der Waals surface area contributed by atoms with Gasteiger partial charge in [0.05, 0.1) is 0 Å². The molecule has 0 spiro atoms. The van der Waals surface area contributed by atoms with Crippen LogP contribution in [0.15, 0.2) is 16.8 Å². The maximum absolute atomic E-state index is 10.6. The van der Waals surface area contributed by atoms with Gasteiger partial charge in [-0.15, -0.1) is 0 Å². The van der Waals surface area contributed by atoms with E-state index in [-0.39, 0.29) is 5.71 Å². The van der Waals surface area contributed by atoms with Crippen molar-refractivity contribution in [1.29, 1.82) is 0 Å². The van der Waals surface area contributed by atoms with E-state index >= 15 is 0 Å². The second-order valence-corrected chi connectivity index (χ2v) is 5.20. The van der Waals surface area contributed by atoms with Crippen molar-refractivity contribution in [2.24, 2.45) is 11.1 Å². The van der Waals surface area contributed by atoms with Gasteiger partial charge < -0.3 is 9.94 Å². The molecule has 0 amide bonds. The molecule has 0 heterocycles. The van der Waals surface area contributed by atoms with Crippen LogP contribution < -0.4 is 0 Å². The molecular formula is C13H21NO3. The zero-order valence-electron chi connectivity index (χ0n) is 11.0. The lowest BCUT2D eigenvalue weighted by atomic mass is 9.80. The summed E-state index contributed by atoms with van der Waals surface area (Å²) in [6, 6.07) is 0. The molecule has 1 aliphatic rings. The van der Waals surface area contributed by atoms with E-state index in [2.05, 4.69) is 18.2 Å². The fraction of sp³-hybridized carbons (Fsp3) is 0.692. The molecule has 1 rings (SSSR count). The monoisotopic (exact) mass is 239 g/mol. The van der Waals surface area contributed by atoms with Crippen LogP contribution in [0.4, 0.5) is 0 Å². The van der Waals surface area contributed by atoms with Crippen molar-refractivity contribution in [3.8, 4) is 0 Å². The van der Waals surface area contributed by atoms with Crippen LogP contribution in [0.25, 0.3) is 0 Å². The first kappa shape index (κ1) is 13.7. The fourth-order valence-corrected chi connectivity index (χ4v) is 1.90. The molecule has 0 saturated heterocycles. The first-order valence-corrected chi connectivity index (χ1v) is 5.94. The van der Waals surface area contributed by atoms with Gasteiger partial charge in [-0.25, -0.2) is 4.79 Å². The van der Waals surface area contributed by atoms with Gasteiger partial charge in [-0.05, 0) is 47.0 Å². The van der Waals surface area contributed by atoms with Crippen molar-refractivity contribution in [3.63, 3.8) is 0 Å². The minimum absolute atomic E-state index is 0.0133. The topological polar surface area (TPSA) is 58.9 Å². The third kappa shape index (κ3) is 3.88. The average molecular weight is 239 g/mol. The lowest BCUT2D eigenvalue weighted by Crippen LogP contribution is -2.34. The Morgan fingerprint density at radius 3 is 2.71 bits per heavy atom. The van der Waals surface area contributed by atoms with E-state index in [4.69, 9.17) is 9.94 Å². The number of rotatable bonds is 4. The van der Waals surface area contributed by atoms with Crippen LogP contribution in [0.5, 0.6) is 0 Å². The van der Waals surface area contributed by atoms with Crippen LogP contribution in [0, 0.1) is 5.92 Å². The van der Waals surface area contributed by atoms with Gasteiger partial charge in [0, 0.05) is 5.92 Å². The molecule has 0 aromatic rings. The highest BCUT2D eigenvalue weighted by atomic mass is 16.6. The quantitative estimate of drug-likeness (QED) is 0.466. The summed E-state index contributed by atoms with van der Waals surface area (Å²) >= 11 is 0. The minimum Gasteiger partial charge on any atom is -0.477 e. The van der Waals surface area contributed by atoms with Gasteiger partial charge in [0.2, 0.25) is 0 Å². The van der Waals surface area contributed by atoms with Gasteiger partial charge in [-0.1, -0.05) is 16.8 Å². The molecule has 4 heteroatoms. The summed E-state index contributed by atoms with van der Waals surface area (Å²) in [7, 11) is 0. The molecule has 1 unspecified atom stereocenters. The molecule has 0 fully saturated rings. The molecule has 0 bridgehead atoms. The van der Waals surface area contributed by atoms with Gasteiger partial charge in [0.25, 0.3) is 0 Å². The van der Waals surface area contributed by atoms with Crippen LogP contribution in [0.2, 0.25) is 0 Å². The second-order valence-electron chi connectivity index (χ2n) is 5.20. The van der Waals surface area contributed by atoms with E-state index in [1.807, 2.05) is 13.8 Å². The van der Waals surface area contributed by atoms with Crippen molar-refractivity contribution < 1.29 is 14.7 Å². The molecule has 0 saturated carbocycles.